The van der Waals surface area contributed by atoms with Gasteiger partial charge in [-0.1, -0.05) is 36.7 Å². The lowest BCUT2D eigenvalue weighted by molar-refractivity contribution is 0.0950. The molecule has 1 unspecified atom stereocenters. The minimum Gasteiger partial charge on any atom is -0.457 e. The molecule has 0 aliphatic heterocycles. The van der Waals surface area contributed by atoms with Gasteiger partial charge >= 0.3 is 0 Å². The summed E-state index contributed by atoms with van der Waals surface area (Å²) in [5, 5.41) is 2.87. The average Bonchev–Trinajstić information content (AvgIpc) is 2.58. The van der Waals surface area contributed by atoms with Crippen molar-refractivity contribution in [2.24, 2.45) is 5.41 Å². The Morgan fingerprint density at radius 1 is 1.53 bits per heavy atom. The summed E-state index contributed by atoms with van der Waals surface area (Å²) in [5.74, 6) is -0.121. The van der Waals surface area contributed by atoms with Crippen molar-refractivity contribution in [3.8, 4) is 0 Å². The van der Waals surface area contributed by atoms with Crippen molar-refractivity contribution in [2.45, 2.75) is 32.0 Å². The molecule has 0 saturated carbocycles. The molecular formula is C12H17Br2NO2. The summed E-state index contributed by atoms with van der Waals surface area (Å²) in [5.41, 5.74) is 0.773. The Bertz CT molecular complexity index is 382. The van der Waals surface area contributed by atoms with E-state index in [0.29, 0.717) is 16.8 Å². The van der Waals surface area contributed by atoms with Crippen molar-refractivity contribution in [1.29, 1.82) is 0 Å². The molecule has 5 heteroatoms. The van der Waals surface area contributed by atoms with Gasteiger partial charge in [0, 0.05) is 11.4 Å². The van der Waals surface area contributed by atoms with Crippen molar-refractivity contribution in [3.63, 3.8) is 0 Å². The highest BCUT2D eigenvalue weighted by Gasteiger charge is 2.18. The molecule has 1 N–H and O–H groups in total. The molecule has 0 radical (unpaired) electrons. The minimum absolute atomic E-state index is 0.121. The van der Waals surface area contributed by atoms with E-state index in [0.717, 1.165) is 6.42 Å². The van der Waals surface area contributed by atoms with Gasteiger partial charge in [0.15, 0.2) is 4.67 Å². The van der Waals surface area contributed by atoms with Crippen LogP contribution in [0.3, 0.4) is 0 Å². The van der Waals surface area contributed by atoms with Crippen LogP contribution >= 0.6 is 31.9 Å². The van der Waals surface area contributed by atoms with Gasteiger partial charge < -0.3 is 9.73 Å². The normalized spacial score (nSPS) is 13.5. The topological polar surface area (TPSA) is 42.2 Å². The maximum absolute atomic E-state index is 11.8. The molecule has 3 nitrogen and oxygen atoms in total. The van der Waals surface area contributed by atoms with Crippen LogP contribution in [0.2, 0.25) is 0 Å². The van der Waals surface area contributed by atoms with E-state index < -0.39 is 0 Å². The molecule has 0 aliphatic rings. The van der Waals surface area contributed by atoms with Gasteiger partial charge in [-0.15, -0.1) is 0 Å². The number of carbonyl (C=O) groups excluding carboxylic acids is 1. The van der Waals surface area contributed by atoms with Crippen molar-refractivity contribution < 1.29 is 9.21 Å². The molecule has 17 heavy (non-hydrogen) atoms. The molecule has 1 atom stereocenters. The largest absolute Gasteiger partial charge is 0.457 e. The minimum atomic E-state index is -0.121. The highest BCUT2D eigenvalue weighted by atomic mass is 79.9. The molecule has 0 aliphatic carbocycles. The number of carbonyl (C=O) groups is 1. The van der Waals surface area contributed by atoms with Gasteiger partial charge in [-0.2, -0.15) is 0 Å². The zero-order valence-electron chi connectivity index (χ0n) is 10.2. The maximum Gasteiger partial charge on any atom is 0.255 e. The zero-order valence-corrected chi connectivity index (χ0v) is 13.4. The van der Waals surface area contributed by atoms with E-state index >= 15 is 0 Å². The number of alkyl halides is 1. The van der Waals surface area contributed by atoms with Crippen LogP contribution in [0.4, 0.5) is 0 Å². The summed E-state index contributed by atoms with van der Waals surface area (Å²) < 4.78 is 5.49. The fraction of sp³-hybridized carbons (Fsp3) is 0.583. The summed E-state index contributed by atoms with van der Waals surface area (Å²) in [6.45, 7) is 7.13. The molecule has 1 amide bonds. The van der Waals surface area contributed by atoms with Crippen LogP contribution in [0.15, 0.2) is 21.4 Å². The second-order valence-corrected chi connectivity index (χ2v) is 7.20. The lowest BCUT2D eigenvalue weighted by atomic mass is 9.90. The fourth-order valence-electron chi connectivity index (χ4n) is 1.49. The van der Waals surface area contributed by atoms with E-state index in [4.69, 9.17) is 4.42 Å². The second-order valence-electron chi connectivity index (χ2n) is 5.18. The van der Waals surface area contributed by atoms with Crippen LogP contribution in [-0.4, -0.2) is 17.3 Å². The highest BCUT2D eigenvalue weighted by molar-refractivity contribution is 9.10. The predicted octanol–water partition coefficient (Wildman–Crippen LogP) is 3.97. The Labute approximate surface area is 119 Å². The molecule has 0 bridgehead atoms. The molecule has 1 aromatic rings. The molecule has 0 fully saturated rings. The predicted molar refractivity (Wildman–Crippen MR) is 75.5 cm³/mol. The Balaban J connectivity index is 2.42. The van der Waals surface area contributed by atoms with Crippen LogP contribution in [-0.2, 0) is 0 Å². The zero-order chi connectivity index (χ0) is 13.1. The molecule has 96 valence electrons. The average molecular weight is 367 g/mol. The lowest BCUT2D eigenvalue weighted by Gasteiger charge is -2.22. The number of hydrogen-bond donors (Lipinski definition) is 1. The van der Waals surface area contributed by atoms with Gasteiger partial charge in [-0.3, -0.25) is 4.79 Å². The monoisotopic (exact) mass is 365 g/mol. The van der Waals surface area contributed by atoms with Gasteiger partial charge in [-0.25, -0.2) is 0 Å². The molecule has 0 saturated heterocycles. The Morgan fingerprint density at radius 3 is 2.65 bits per heavy atom. The maximum atomic E-state index is 11.8. The van der Waals surface area contributed by atoms with Gasteiger partial charge in [0.1, 0.15) is 0 Å². The quantitative estimate of drug-likeness (QED) is 0.819. The molecular weight excluding hydrogens is 350 g/mol. The fourth-order valence-corrected chi connectivity index (χ4v) is 3.04. The SMILES string of the molecule is CC(C)(C)CC(Br)CNC(=O)c1ccoc1Br. The first-order valence-electron chi connectivity index (χ1n) is 5.45. The number of nitrogens with one attached hydrogen (secondary N) is 1. The van der Waals surface area contributed by atoms with Crippen molar-refractivity contribution in [1.82, 2.24) is 5.32 Å². The van der Waals surface area contributed by atoms with E-state index in [2.05, 4.69) is 57.9 Å². The van der Waals surface area contributed by atoms with Gasteiger partial charge in [0.25, 0.3) is 5.91 Å². The van der Waals surface area contributed by atoms with Gasteiger partial charge in [0.05, 0.1) is 11.8 Å². The van der Waals surface area contributed by atoms with Crippen molar-refractivity contribution in [2.75, 3.05) is 6.54 Å². The summed E-state index contributed by atoms with van der Waals surface area (Å²) in [6, 6.07) is 1.65. The molecule has 1 rings (SSSR count). The summed E-state index contributed by atoms with van der Waals surface area (Å²) in [6.07, 6.45) is 2.49. The third-order valence-electron chi connectivity index (χ3n) is 2.18. The third-order valence-corrected chi connectivity index (χ3v) is 3.44. The number of hydrogen-bond acceptors (Lipinski definition) is 2. The van der Waals surface area contributed by atoms with E-state index in [-0.39, 0.29) is 16.1 Å². The summed E-state index contributed by atoms with van der Waals surface area (Å²) >= 11 is 6.76. The van der Waals surface area contributed by atoms with Crippen LogP contribution in [0, 0.1) is 5.41 Å². The molecule has 0 spiro atoms. The van der Waals surface area contributed by atoms with Crippen LogP contribution < -0.4 is 5.32 Å². The lowest BCUT2D eigenvalue weighted by Crippen LogP contribution is -2.31. The second kappa shape index (κ2) is 6.05. The van der Waals surface area contributed by atoms with E-state index in [1.54, 1.807) is 6.07 Å². The van der Waals surface area contributed by atoms with Crippen molar-refractivity contribution in [3.05, 3.63) is 22.6 Å². The molecule has 1 aromatic heterocycles. The summed E-state index contributed by atoms with van der Waals surface area (Å²) in [7, 11) is 0. The first-order chi connectivity index (χ1) is 7.79. The highest BCUT2D eigenvalue weighted by Crippen LogP contribution is 2.24. The van der Waals surface area contributed by atoms with Crippen LogP contribution in [0.25, 0.3) is 0 Å². The van der Waals surface area contributed by atoms with Crippen molar-refractivity contribution >= 4 is 37.8 Å². The number of furan rings is 1. The Hall–Kier alpha value is -0.290. The molecule has 1 heterocycles. The van der Waals surface area contributed by atoms with Crippen LogP contribution in [0.5, 0.6) is 0 Å². The Kier molecular flexibility index (Phi) is 5.25. The number of halogens is 2. The van der Waals surface area contributed by atoms with E-state index in [1.807, 2.05) is 0 Å². The van der Waals surface area contributed by atoms with E-state index in [1.165, 1.54) is 6.26 Å². The van der Waals surface area contributed by atoms with E-state index in [9.17, 15) is 4.79 Å². The standard InChI is InChI=1S/C12H17Br2NO2/c1-12(2,3)6-8(13)7-15-11(16)9-4-5-17-10(9)14/h4-5,8H,6-7H2,1-3H3,(H,15,16). The van der Waals surface area contributed by atoms with Crippen LogP contribution in [0.1, 0.15) is 37.6 Å². The third kappa shape index (κ3) is 5.25. The van der Waals surface area contributed by atoms with Gasteiger partial charge in [0.2, 0.25) is 0 Å². The van der Waals surface area contributed by atoms with Gasteiger partial charge in [-0.05, 0) is 33.8 Å². The Morgan fingerprint density at radius 2 is 2.18 bits per heavy atom. The number of amides is 1. The summed E-state index contributed by atoms with van der Waals surface area (Å²) in [4.78, 5) is 12.0. The first-order valence-corrected chi connectivity index (χ1v) is 7.16. The first kappa shape index (κ1) is 14.8. The molecule has 0 aromatic carbocycles. The number of rotatable bonds is 4. The smallest absolute Gasteiger partial charge is 0.255 e.